The minimum atomic E-state index is -0.748. The maximum Gasteiger partial charge on any atom is 0.313 e. The first-order chi connectivity index (χ1) is 10.5. The van der Waals surface area contributed by atoms with E-state index < -0.39 is 29.1 Å². The maximum atomic E-state index is 12.0. The predicted octanol–water partition coefficient (Wildman–Crippen LogP) is 2.69. The van der Waals surface area contributed by atoms with Crippen LogP contribution in [0, 0.1) is 0 Å². The van der Waals surface area contributed by atoms with Crippen LogP contribution in [0.5, 0.6) is 17.2 Å². The van der Waals surface area contributed by atoms with Crippen molar-refractivity contribution in [2.75, 3.05) is 6.61 Å². The molecule has 116 valence electrons. The van der Waals surface area contributed by atoms with Crippen molar-refractivity contribution in [3.05, 3.63) is 53.6 Å². The summed E-state index contributed by atoms with van der Waals surface area (Å²) >= 11 is 0. The summed E-state index contributed by atoms with van der Waals surface area (Å²) in [4.78, 5) is 12.0. The van der Waals surface area contributed by atoms with E-state index in [2.05, 4.69) is 0 Å². The van der Waals surface area contributed by atoms with Crippen molar-refractivity contribution in [1.82, 2.24) is 0 Å². The first-order valence-corrected chi connectivity index (χ1v) is 6.95. The Balaban J connectivity index is 1.96. The van der Waals surface area contributed by atoms with Crippen LogP contribution in [0.15, 0.2) is 42.5 Å². The number of aromatic hydroxyl groups is 3. The van der Waals surface area contributed by atoms with Gasteiger partial charge in [-0.25, -0.2) is 0 Å². The van der Waals surface area contributed by atoms with E-state index in [-0.39, 0.29) is 12.2 Å². The molecule has 0 aliphatic heterocycles. The lowest BCUT2D eigenvalue weighted by Gasteiger charge is -2.14. The number of esters is 1. The van der Waals surface area contributed by atoms with Gasteiger partial charge < -0.3 is 20.1 Å². The number of phenolic OH excluding ortho intramolecular Hbond substituents is 3. The van der Waals surface area contributed by atoms with Crippen LogP contribution < -0.4 is 0 Å². The molecule has 0 radical (unpaired) electrons. The molecule has 0 spiro atoms. The van der Waals surface area contributed by atoms with Gasteiger partial charge in [0.25, 0.3) is 0 Å². The summed E-state index contributed by atoms with van der Waals surface area (Å²) in [6.45, 7) is 1.80. The molecule has 2 aromatic rings. The van der Waals surface area contributed by atoms with E-state index in [0.717, 1.165) is 5.56 Å². The Bertz CT molecular complexity index is 652. The molecule has 3 N–H and O–H groups in total. The first kappa shape index (κ1) is 15.7. The van der Waals surface area contributed by atoms with Crippen LogP contribution >= 0.6 is 0 Å². The fraction of sp³-hybridized carbons (Fsp3) is 0.235. The molecule has 2 aromatic carbocycles. The number of ether oxygens (including phenoxy) is 1. The van der Waals surface area contributed by atoms with Gasteiger partial charge in [0, 0.05) is 12.0 Å². The number of phenols is 3. The molecule has 5 heteroatoms. The fourth-order valence-electron chi connectivity index (χ4n) is 2.10. The van der Waals surface area contributed by atoms with Crippen LogP contribution in [0.1, 0.15) is 24.0 Å². The SMILES string of the molecule is CC(C(=O)OCCc1ccccc1)c1ccc(O)c(O)c1O. The van der Waals surface area contributed by atoms with Crippen LogP contribution in [-0.4, -0.2) is 27.9 Å². The van der Waals surface area contributed by atoms with E-state index in [1.165, 1.54) is 12.1 Å². The first-order valence-electron chi connectivity index (χ1n) is 6.95. The molecule has 0 fully saturated rings. The molecule has 0 aliphatic carbocycles. The average molecular weight is 302 g/mol. The summed E-state index contributed by atoms with van der Waals surface area (Å²) < 4.78 is 5.19. The quantitative estimate of drug-likeness (QED) is 0.584. The van der Waals surface area contributed by atoms with Crippen LogP contribution in [0.2, 0.25) is 0 Å². The smallest absolute Gasteiger partial charge is 0.313 e. The van der Waals surface area contributed by atoms with Crippen molar-refractivity contribution in [3.63, 3.8) is 0 Å². The van der Waals surface area contributed by atoms with Gasteiger partial charge in [0.05, 0.1) is 12.5 Å². The molecule has 0 saturated heterocycles. The summed E-state index contributed by atoms with van der Waals surface area (Å²) in [6, 6.07) is 12.2. The Morgan fingerprint density at radius 1 is 1.05 bits per heavy atom. The van der Waals surface area contributed by atoms with E-state index in [0.29, 0.717) is 6.42 Å². The highest BCUT2D eigenvalue weighted by Crippen LogP contribution is 2.40. The van der Waals surface area contributed by atoms with Gasteiger partial charge in [-0.05, 0) is 18.6 Å². The third-order valence-corrected chi connectivity index (χ3v) is 3.46. The Morgan fingerprint density at radius 3 is 2.41 bits per heavy atom. The third-order valence-electron chi connectivity index (χ3n) is 3.46. The van der Waals surface area contributed by atoms with Gasteiger partial charge in [0.2, 0.25) is 5.75 Å². The summed E-state index contributed by atoms with van der Waals surface area (Å²) in [5, 5.41) is 28.6. The molecule has 0 saturated carbocycles. The highest BCUT2D eigenvalue weighted by molar-refractivity contribution is 5.79. The van der Waals surface area contributed by atoms with Crippen molar-refractivity contribution in [2.24, 2.45) is 0 Å². The van der Waals surface area contributed by atoms with Gasteiger partial charge in [0.1, 0.15) is 0 Å². The van der Waals surface area contributed by atoms with Gasteiger partial charge in [-0.15, -0.1) is 0 Å². The number of carbonyl (C=O) groups is 1. The van der Waals surface area contributed by atoms with Crippen molar-refractivity contribution >= 4 is 5.97 Å². The summed E-state index contributed by atoms with van der Waals surface area (Å²) in [5.41, 5.74) is 1.27. The van der Waals surface area contributed by atoms with E-state index in [1.807, 2.05) is 30.3 Å². The lowest BCUT2D eigenvalue weighted by atomic mass is 9.99. The summed E-state index contributed by atoms with van der Waals surface area (Å²) in [7, 11) is 0. The standard InChI is InChI=1S/C17H18O5/c1-11(13-7-8-14(18)16(20)15(13)19)17(21)22-10-9-12-5-3-2-4-6-12/h2-8,11,18-20H,9-10H2,1H3. The zero-order valence-corrected chi connectivity index (χ0v) is 12.2. The minimum absolute atomic E-state index is 0.208. The van der Waals surface area contributed by atoms with Gasteiger partial charge in [0.15, 0.2) is 11.5 Å². The van der Waals surface area contributed by atoms with Crippen molar-refractivity contribution in [3.8, 4) is 17.2 Å². The number of benzene rings is 2. The van der Waals surface area contributed by atoms with Gasteiger partial charge >= 0.3 is 5.97 Å². The van der Waals surface area contributed by atoms with Crippen molar-refractivity contribution < 1.29 is 24.9 Å². The molecule has 0 heterocycles. The molecule has 22 heavy (non-hydrogen) atoms. The number of hydrogen-bond donors (Lipinski definition) is 3. The van der Waals surface area contributed by atoms with Crippen molar-refractivity contribution in [2.45, 2.75) is 19.3 Å². The van der Waals surface area contributed by atoms with Crippen LogP contribution in [0.3, 0.4) is 0 Å². The second-order valence-electron chi connectivity index (χ2n) is 5.00. The largest absolute Gasteiger partial charge is 0.504 e. The van der Waals surface area contributed by atoms with Gasteiger partial charge in [-0.2, -0.15) is 0 Å². The summed E-state index contributed by atoms with van der Waals surface area (Å²) in [5.74, 6) is -2.83. The lowest BCUT2D eigenvalue weighted by Crippen LogP contribution is -2.15. The molecule has 0 aromatic heterocycles. The molecule has 0 amide bonds. The third kappa shape index (κ3) is 3.49. The molecule has 5 nitrogen and oxygen atoms in total. The fourth-order valence-corrected chi connectivity index (χ4v) is 2.10. The topological polar surface area (TPSA) is 87.0 Å². The Kier molecular flexibility index (Phi) is 4.88. The van der Waals surface area contributed by atoms with E-state index in [9.17, 15) is 20.1 Å². The Labute approximate surface area is 128 Å². The molecule has 0 bridgehead atoms. The normalized spacial score (nSPS) is 11.9. The number of hydrogen-bond acceptors (Lipinski definition) is 5. The predicted molar refractivity (Wildman–Crippen MR) is 81.0 cm³/mol. The number of carbonyl (C=O) groups excluding carboxylic acids is 1. The molecule has 0 aliphatic rings. The highest BCUT2D eigenvalue weighted by atomic mass is 16.5. The highest BCUT2D eigenvalue weighted by Gasteiger charge is 2.23. The molecular formula is C17H18O5. The second kappa shape index (κ2) is 6.85. The maximum absolute atomic E-state index is 12.0. The minimum Gasteiger partial charge on any atom is -0.504 e. The summed E-state index contributed by atoms with van der Waals surface area (Å²) in [6.07, 6.45) is 0.603. The van der Waals surface area contributed by atoms with E-state index in [1.54, 1.807) is 6.92 Å². The molecule has 1 atom stereocenters. The number of rotatable bonds is 5. The second-order valence-corrected chi connectivity index (χ2v) is 5.00. The van der Waals surface area contributed by atoms with Crippen molar-refractivity contribution in [1.29, 1.82) is 0 Å². The van der Waals surface area contributed by atoms with E-state index in [4.69, 9.17) is 4.74 Å². The Morgan fingerprint density at radius 2 is 1.73 bits per heavy atom. The van der Waals surface area contributed by atoms with Crippen LogP contribution in [0.25, 0.3) is 0 Å². The molecular weight excluding hydrogens is 284 g/mol. The average Bonchev–Trinajstić information content (AvgIpc) is 2.53. The van der Waals surface area contributed by atoms with Gasteiger partial charge in [-0.1, -0.05) is 36.4 Å². The van der Waals surface area contributed by atoms with Crippen LogP contribution in [-0.2, 0) is 16.0 Å². The van der Waals surface area contributed by atoms with Gasteiger partial charge in [-0.3, -0.25) is 4.79 Å². The van der Waals surface area contributed by atoms with E-state index >= 15 is 0 Å². The monoisotopic (exact) mass is 302 g/mol. The molecule has 1 unspecified atom stereocenters. The van der Waals surface area contributed by atoms with Crippen LogP contribution in [0.4, 0.5) is 0 Å². The lowest BCUT2D eigenvalue weighted by molar-refractivity contribution is -0.145. The Hall–Kier alpha value is -2.69. The zero-order valence-electron chi connectivity index (χ0n) is 12.2. The molecule has 2 rings (SSSR count). The zero-order chi connectivity index (χ0) is 16.1.